The van der Waals surface area contributed by atoms with E-state index in [4.69, 9.17) is 9.47 Å². The minimum atomic E-state index is 0.188. The lowest BCUT2D eigenvalue weighted by atomic mass is 10.0. The van der Waals surface area contributed by atoms with Crippen molar-refractivity contribution >= 4 is 17.7 Å². The van der Waals surface area contributed by atoms with Crippen LogP contribution >= 0.6 is 11.8 Å². The van der Waals surface area contributed by atoms with Crippen LogP contribution in [0.5, 0.6) is 11.5 Å². The zero-order chi connectivity index (χ0) is 14.1. The molecule has 1 saturated heterocycles. The molecule has 1 fully saturated rings. The van der Waals surface area contributed by atoms with Gasteiger partial charge < -0.3 is 14.4 Å². The summed E-state index contributed by atoms with van der Waals surface area (Å²) in [5.41, 5.74) is 1.17. The highest BCUT2D eigenvalue weighted by molar-refractivity contribution is 8.00. The molecule has 1 unspecified atom stereocenters. The lowest BCUT2D eigenvalue weighted by molar-refractivity contribution is -0.134. The van der Waals surface area contributed by atoms with E-state index < -0.39 is 0 Å². The van der Waals surface area contributed by atoms with Crippen LogP contribution in [0.1, 0.15) is 12.5 Å². The topological polar surface area (TPSA) is 38.8 Å². The molecule has 5 heteroatoms. The van der Waals surface area contributed by atoms with E-state index in [1.807, 2.05) is 41.9 Å². The number of likely N-dealkylation sites (N-methyl/N-ethyl adjacent to an activating group) is 1. The fourth-order valence-corrected chi connectivity index (χ4v) is 3.19. The van der Waals surface area contributed by atoms with Crippen molar-refractivity contribution in [3.63, 3.8) is 0 Å². The molecule has 1 atom stereocenters. The van der Waals surface area contributed by atoms with Crippen molar-refractivity contribution in [1.82, 2.24) is 4.90 Å². The number of benzene rings is 1. The molecular weight excluding hydrogens is 274 g/mol. The summed E-state index contributed by atoms with van der Waals surface area (Å²) in [6, 6.07) is 6.18. The molecule has 20 heavy (non-hydrogen) atoms. The second-order valence-corrected chi connectivity index (χ2v) is 6.50. The Balaban J connectivity index is 1.63. The maximum absolute atomic E-state index is 12.2. The number of nitrogens with zero attached hydrogens (tertiary/aromatic N) is 1. The molecule has 0 radical (unpaired) electrons. The standard InChI is InChI=1S/C15H19NO3S/c1-10(16(2)15(17)12-7-20-8-12)5-11-3-4-13-14(6-11)19-9-18-13/h3-4,6,10,12H,5,7-9H2,1-2H3. The molecule has 1 aromatic rings. The zero-order valence-corrected chi connectivity index (χ0v) is 12.6. The summed E-state index contributed by atoms with van der Waals surface area (Å²) in [4.78, 5) is 14.1. The Morgan fingerprint density at radius 1 is 1.40 bits per heavy atom. The third-order valence-electron chi connectivity index (χ3n) is 3.96. The first-order valence-electron chi connectivity index (χ1n) is 6.88. The van der Waals surface area contributed by atoms with Gasteiger partial charge in [-0.15, -0.1) is 0 Å². The molecule has 108 valence electrons. The number of carbonyl (C=O) groups excluding carboxylic acids is 1. The lowest BCUT2D eigenvalue weighted by Crippen LogP contribution is -2.44. The summed E-state index contributed by atoms with van der Waals surface area (Å²) >= 11 is 1.84. The van der Waals surface area contributed by atoms with Gasteiger partial charge in [0.25, 0.3) is 0 Å². The van der Waals surface area contributed by atoms with Crippen LogP contribution in [-0.4, -0.2) is 42.2 Å². The first-order chi connectivity index (χ1) is 9.65. The smallest absolute Gasteiger partial charge is 0.231 e. The third-order valence-corrected chi connectivity index (χ3v) is 5.24. The van der Waals surface area contributed by atoms with E-state index in [0.717, 1.165) is 29.4 Å². The number of ether oxygens (including phenoxy) is 2. The molecule has 0 spiro atoms. The van der Waals surface area contributed by atoms with Gasteiger partial charge in [-0.2, -0.15) is 11.8 Å². The number of rotatable bonds is 4. The van der Waals surface area contributed by atoms with Crippen LogP contribution in [0.3, 0.4) is 0 Å². The van der Waals surface area contributed by atoms with Crippen LogP contribution in [0.4, 0.5) is 0 Å². The third kappa shape index (κ3) is 2.59. The maximum atomic E-state index is 12.2. The van der Waals surface area contributed by atoms with Crippen LogP contribution in [0.25, 0.3) is 0 Å². The Kier molecular flexibility index (Phi) is 3.78. The second kappa shape index (κ2) is 5.56. The normalized spacial score (nSPS) is 18.5. The van der Waals surface area contributed by atoms with Crippen molar-refractivity contribution in [1.29, 1.82) is 0 Å². The molecule has 0 bridgehead atoms. The Hall–Kier alpha value is -1.36. The summed E-state index contributed by atoms with van der Waals surface area (Å²) < 4.78 is 10.7. The van der Waals surface area contributed by atoms with Crippen LogP contribution in [0, 0.1) is 5.92 Å². The first-order valence-corrected chi connectivity index (χ1v) is 8.03. The van der Waals surface area contributed by atoms with Crippen LogP contribution in [0.15, 0.2) is 18.2 Å². The van der Waals surface area contributed by atoms with Crippen molar-refractivity contribution in [2.24, 2.45) is 5.92 Å². The van der Waals surface area contributed by atoms with Gasteiger partial charge >= 0.3 is 0 Å². The molecule has 1 amide bonds. The van der Waals surface area contributed by atoms with E-state index in [2.05, 4.69) is 6.92 Å². The van der Waals surface area contributed by atoms with Crippen molar-refractivity contribution in [2.45, 2.75) is 19.4 Å². The molecule has 2 aliphatic rings. The van der Waals surface area contributed by atoms with Crippen molar-refractivity contribution < 1.29 is 14.3 Å². The number of hydrogen-bond donors (Lipinski definition) is 0. The number of hydrogen-bond acceptors (Lipinski definition) is 4. The quantitative estimate of drug-likeness (QED) is 0.853. The lowest BCUT2D eigenvalue weighted by Gasteiger charge is -2.32. The van der Waals surface area contributed by atoms with Crippen LogP contribution < -0.4 is 9.47 Å². The Bertz CT molecular complexity index is 516. The summed E-state index contributed by atoms with van der Waals surface area (Å²) in [5, 5.41) is 0. The average molecular weight is 293 g/mol. The second-order valence-electron chi connectivity index (χ2n) is 5.42. The fraction of sp³-hybridized carbons (Fsp3) is 0.533. The van der Waals surface area contributed by atoms with Gasteiger partial charge in [-0.25, -0.2) is 0 Å². The highest BCUT2D eigenvalue weighted by atomic mass is 32.2. The van der Waals surface area contributed by atoms with Gasteiger partial charge in [0.2, 0.25) is 12.7 Å². The maximum Gasteiger partial charge on any atom is 0.231 e. The van der Waals surface area contributed by atoms with E-state index >= 15 is 0 Å². The Labute approximate surface area is 123 Å². The summed E-state index contributed by atoms with van der Waals surface area (Å²) in [5.74, 6) is 4.05. The first kappa shape index (κ1) is 13.6. The van der Waals surface area contributed by atoms with Crippen molar-refractivity contribution in [2.75, 3.05) is 25.3 Å². The summed E-state index contributed by atoms with van der Waals surface area (Å²) in [7, 11) is 1.91. The van der Waals surface area contributed by atoms with Crippen LogP contribution in [-0.2, 0) is 11.2 Å². The van der Waals surface area contributed by atoms with Gasteiger partial charge in [-0.05, 0) is 31.0 Å². The van der Waals surface area contributed by atoms with E-state index in [1.165, 1.54) is 5.56 Å². The Morgan fingerprint density at radius 2 is 2.15 bits per heavy atom. The number of thioether (sulfide) groups is 1. The molecular formula is C15H19NO3S. The summed E-state index contributed by atoms with van der Waals surface area (Å²) in [6.45, 7) is 2.39. The average Bonchev–Trinajstić information content (AvgIpc) is 2.83. The van der Waals surface area contributed by atoms with Gasteiger partial charge in [-0.3, -0.25) is 4.79 Å². The van der Waals surface area contributed by atoms with E-state index in [9.17, 15) is 4.79 Å². The monoisotopic (exact) mass is 293 g/mol. The Morgan fingerprint density at radius 3 is 2.85 bits per heavy atom. The molecule has 0 saturated carbocycles. The van der Waals surface area contributed by atoms with E-state index in [0.29, 0.717) is 6.79 Å². The summed E-state index contributed by atoms with van der Waals surface area (Å²) in [6.07, 6.45) is 0.832. The van der Waals surface area contributed by atoms with E-state index in [1.54, 1.807) is 0 Å². The highest BCUT2D eigenvalue weighted by Crippen LogP contribution is 2.33. The highest BCUT2D eigenvalue weighted by Gasteiger charge is 2.30. The molecule has 3 rings (SSSR count). The van der Waals surface area contributed by atoms with E-state index in [-0.39, 0.29) is 17.9 Å². The number of amides is 1. The largest absolute Gasteiger partial charge is 0.454 e. The SMILES string of the molecule is CC(Cc1ccc2c(c1)OCO2)N(C)C(=O)C1CSC1. The predicted octanol–water partition coefficient (Wildman–Crippen LogP) is 2.17. The van der Waals surface area contributed by atoms with Gasteiger partial charge in [0.1, 0.15) is 0 Å². The van der Waals surface area contributed by atoms with Crippen LogP contribution in [0.2, 0.25) is 0 Å². The molecule has 2 heterocycles. The predicted molar refractivity (Wildman–Crippen MR) is 79.3 cm³/mol. The molecule has 2 aliphatic heterocycles. The fourth-order valence-electron chi connectivity index (χ4n) is 2.43. The molecule has 1 aromatic carbocycles. The zero-order valence-electron chi connectivity index (χ0n) is 11.8. The van der Waals surface area contributed by atoms with Crippen molar-refractivity contribution in [3.8, 4) is 11.5 Å². The molecule has 0 aliphatic carbocycles. The van der Waals surface area contributed by atoms with Gasteiger partial charge in [0.05, 0.1) is 5.92 Å². The van der Waals surface area contributed by atoms with Gasteiger partial charge in [-0.1, -0.05) is 6.07 Å². The minimum absolute atomic E-state index is 0.188. The van der Waals surface area contributed by atoms with Gasteiger partial charge in [0, 0.05) is 24.6 Å². The number of fused-ring (bicyclic) bond motifs is 1. The number of carbonyl (C=O) groups is 1. The van der Waals surface area contributed by atoms with Gasteiger partial charge in [0.15, 0.2) is 11.5 Å². The minimum Gasteiger partial charge on any atom is -0.454 e. The van der Waals surface area contributed by atoms with Crippen molar-refractivity contribution in [3.05, 3.63) is 23.8 Å². The molecule has 0 aromatic heterocycles. The molecule has 4 nitrogen and oxygen atoms in total. The molecule has 0 N–H and O–H groups in total.